The van der Waals surface area contributed by atoms with E-state index in [4.69, 9.17) is 2.74 Å². The molecule has 0 atom stereocenters. The highest BCUT2D eigenvalue weighted by Gasteiger charge is 2.20. The maximum atomic E-state index is 12.1. The van der Waals surface area contributed by atoms with Crippen LogP contribution in [-0.4, -0.2) is 9.55 Å². The van der Waals surface area contributed by atoms with E-state index in [1.54, 1.807) is 24.3 Å². The van der Waals surface area contributed by atoms with Gasteiger partial charge in [-0.2, -0.15) is 0 Å². The Hall–Kier alpha value is -1.75. The Bertz CT molecular complexity index is 795. The predicted molar refractivity (Wildman–Crippen MR) is 65.7 cm³/mol. The maximum absolute atomic E-state index is 12.1. The summed E-state index contributed by atoms with van der Waals surface area (Å²) in [5.41, 5.74) is -0.674. The fraction of sp³-hybridized carbons (Fsp3) is 0.167. The highest BCUT2D eigenvalue weighted by Crippen LogP contribution is 2.35. The Morgan fingerprint density at radius 2 is 2.18 bits per heavy atom. The Balaban J connectivity index is 2.41. The van der Waals surface area contributed by atoms with Gasteiger partial charge >= 0.3 is 5.69 Å². The van der Waals surface area contributed by atoms with E-state index in [1.807, 2.05) is 0 Å². The third kappa shape index (κ3) is 1.54. The third-order valence-electron chi connectivity index (χ3n) is 2.63. The molecule has 3 rings (SSSR count). The average molecular weight is 248 g/mol. The van der Waals surface area contributed by atoms with E-state index >= 15 is 0 Å². The number of hydrogen-bond acceptors (Lipinski definition) is 3. The molecule has 1 aromatic heterocycles. The van der Waals surface area contributed by atoms with E-state index in [0.29, 0.717) is 10.5 Å². The molecule has 5 heteroatoms. The third-order valence-corrected chi connectivity index (χ3v) is 3.72. The Morgan fingerprint density at radius 3 is 3.00 bits per heavy atom. The molecule has 0 fully saturated rings. The lowest BCUT2D eigenvalue weighted by Crippen LogP contribution is -2.36. The summed E-state index contributed by atoms with van der Waals surface area (Å²) in [6.07, 6.45) is -1.91. The van der Waals surface area contributed by atoms with Gasteiger partial charge in [-0.05, 0) is 11.6 Å². The number of nitrogens with zero attached hydrogens (tertiary/aromatic N) is 1. The molecule has 0 saturated heterocycles. The van der Waals surface area contributed by atoms with Gasteiger partial charge in [0.1, 0.15) is 0 Å². The fourth-order valence-electron chi connectivity index (χ4n) is 1.69. The molecule has 0 spiro atoms. The number of benzene rings is 1. The number of hydrogen-bond donors (Lipinski definition) is 1. The molecule has 4 nitrogen and oxygen atoms in total. The van der Waals surface area contributed by atoms with Crippen molar-refractivity contribution in [3.8, 4) is 0 Å². The molecule has 2 heterocycles. The van der Waals surface area contributed by atoms with Crippen LogP contribution in [0, 0.1) is 0 Å². The van der Waals surface area contributed by atoms with E-state index in [-0.39, 0.29) is 10.6 Å². The number of H-pyrrole nitrogens is 1. The second-order valence-corrected chi connectivity index (χ2v) is 4.77. The van der Waals surface area contributed by atoms with Crippen molar-refractivity contribution in [1.29, 1.82) is 0 Å². The van der Waals surface area contributed by atoms with Gasteiger partial charge in [-0.3, -0.25) is 9.36 Å². The molecule has 0 bridgehead atoms. The number of aromatic amines is 1. The predicted octanol–water partition coefficient (Wildman–Crippen LogP) is 1.13. The minimum absolute atomic E-state index is 0.00157. The van der Waals surface area contributed by atoms with E-state index < -0.39 is 17.6 Å². The van der Waals surface area contributed by atoms with E-state index in [9.17, 15) is 9.59 Å². The average Bonchev–Trinajstić information content (AvgIpc) is 2.35. The van der Waals surface area contributed by atoms with Gasteiger partial charge in [-0.15, -0.1) is 0 Å². The van der Waals surface area contributed by atoms with Gasteiger partial charge in [0.2, 0.25) is 0 Å². The highest BCUT2D eigenvalue weighted by atomic mass is 32.2. The summed E-state index contributed by atoms with van der Waals surface area (Å²) in [5, 5.41) is 0.289. The van der Waals surface area contributed by atoms with Crippen LogP contribution in [-0.2, 0) is 13.4 Å². The minimum atomic E-state index is -1.91. The molecule has 0 amide bonds. The zero-order chi connectivity index (χ0) is 13.8. The second-order valence-electron chi connectivity index (χ2n) is 3.72. The zero-order valence-electron chi connectivity index (χ0n) is 11.0. The van der Waals surface area contributed by atoms with Crippen molar-refractivity contribution in [2.45, 2.75) is 16.3 Å². The first-order valence-corrected chi connectivity index (χ1v) is 5.85. The summed E-state index contributed by atoms with van der Waals surface area (Å²) in [7, 11) is 1.34. The molecule has 1 aliphatic heterocycles. The number of aromatic nitrogens is 2. The molecule has 17 heavy (non-hydrogen) atoms. The van der Waals surface area contributed by atoms with Crippen molar-refractivity contribution in [3.63, 3.8) is 0 Å². The van der Waals surface area contributed by atoms with Crippen molar-refractivity contribution >= 4 is 11.8 Å². The molecular weight excluding hydrogens is 236 g/mol. The monoisotopic (exact) mass is 248 g/mol. The van der Waals surface area contributed by atoms with Crippen molar-refractivity contribution in [2.75, 3.05) is 0 Å². The quantitative estimate of drug-likeness (QED) is 0.711. The van der Waals surface area contributed by atoms with Crippen LogP contribution in [0.4, 0.5) is 0 Å². The Morgan fingerprint density at radius 1 is 1.41 bits per heavy atom. The molecule has 0 saturated carbocycles. The van der Waals surface area contributed by atoms with Crippen LogP contribution >= 0.6 is 11.8 Å². The molecular formula is C12H10N2O2S. The number of nitrogens with one attached hydrogen (secondary N) is 1. The molecule has 1 aliphatic rings. The first kappa shape index (κ1) is 8.36. The fourth-order valence-corrected chi connectivity index (χ4v) is 2.67. The van der Waals surface area contributed by atoms with Gasteiger partial charge in [0.15, 0.2) is 0 Å². The van der Waals surface area contributed by atoms with Gasteiger partial charge in [0.05, 0.1) is 10.6 Å². The lowest BCUT2D eigenvalue weighted by Gasteiger charge is -2.17. The molecule has 0 radical (unpaired) electrons. The second kappa shape index (κ2) is 3.63. The van der Waals surface area contributed by atoms with E-state index in [2.05, 4.69) is 4.98 Å². The molecule has 0 unspecified atom stereocenters. The summed E-state index contributed by atoms with van der Waals surface area (Å²) in [4.78, 5) is 27.0. The summed E-state index contributed by atoms with van der Waals surface area (Å²) >= 11 is 1.21. The van der Waals surface area contributed by atoms with Crippen LogP contribution in [0.15, 0.2) is 43.8 Å². The van der Waals surface area contributed by atoms with Crippen LogP contribution in [0.1, 0.15) is 13.9 Å². The highest BCUT2D eigenvalue weighted by molar-refractivity contribution is 7.99. The summed E-state index contributed by atoms with van der Waals surface area (Å²) in [6, 6.07) is 6.97. The largest absolute Gasteiger partial charge is 0.328 e. The summed E-state index contributed by atoms with van der Waals surface area (Å²) in [5.74, 6) is 0. The topological polar surface area (TPSA) is 54.9 Å². The summed E-state index contributed by atoms with van der Waals surface area (Å²) in [6.45, 7) is 0. The Labute approximate surface area is 104 Å². The zero-order valence-corrected chi connectivity index (χ0v) is 9.80. The lowest BCUT2D eigenvalue weighted by atomic mass is 10.1. The smallest absolute Gasteiger partial charge is 0.301 e. The van der Waals surface area contributed by atoms with Crippen LogP contribution in [0.5, 0.6) is 0 Å². The van der Waals surface area contributed by atoms with Gasteiger partial charge < -0.3 is 4.98 Å². The first-order valence-electron chi connectivity index (χ1n) is 6.04. The molecule has 0 aliphatic carbocycles. The first-order chi connectivity index (χ1) is 8.93. The van der Waals surface area contributed by atoms with E-state index in [0.717, 1.165) is 4.57 Å². The van der Waals surface area contributed by atoms with Crippen molar-refractivity contribution in [1.82, 2.24) is 9.55 Å². The van der Waals surface area contributed by atoms with Crippen molar-refractivity contribution < 1.29 is 2.74 Å². The number of fused-ring (bicyclic) bond motifs is 2. The SMILES string of the molecule is [2H]C1([2H])c2ccccc2Sc2[nH]c(=O)n(C)c(=O)c21. The molecule has 2 aromatic rings. The van der Waals surface area contributed by atoms with Gasteiger partial charge in [-0.25, -0.2) is 4.79 Å². The lowest BCUT2D eigenvalue weighted by molar-refractivity contribution is 0.720. The van der Waals surface area contributed by atoms with Crippen LogP contribution in [0.2, 0.25) is 0 Å². The Kier molecular flexibility index (Phi) is 1.78. The number of rotatable bonds is 0. The van der Waals surface area contributed by atoms with Gasteiger partial charge in [0, 0.05) is 21.1 Å². The standard InChI is InChI=1S/C12H10N2O2S/c1-14-11(15)8-6-7-4-2-3-5-9(7)17-10(8)13-12(14)16/h2-5H,6H2,1H3,(H,13,16)/i6D2. The molecule has 86 valence electrons. The van der Waals surface area contributed by atoms with Gasteiger partial charge in [0.25, 0.3) is 5.56 Å². The van der Waals surface area contributed by atoms with Crippen LogP contribution in [0.25, 0.3) is 0 Å². The normalized spacial score (nSPS) is 17.7. The molecule has 1 aromatic carbocycles. The summed E-state index contributed by atoms with van der Waals surface area (Å²) < 4.78 is 17.3. The van der Waals surface area contributed by atoms with Gasteiger partial charge in [-0.1, -0.05) is 30.0 Å². The van der Waals surface area contributed by atoms with Crippen LogP contribution in [0.3, 0.4) is 0 Å². The van der Waals surface area contributed by atoms with E-state index in [1.165, 1.54) is 18.8 Å². The van der Waals surface area contributed by atoms with Crippen LogP contribution < -0.4 is 11.2 Å². The van der Waals surface area contributed by atoms with Crippen molar-refractivity contribution in [2.24, 2.45) is 7.05 Å². The molecule has 1 N–H and O–H groups in total. The van der Waals surface area contributed by atoms with Crippen molar-refractivity contribution in [3.05, 3.63) is 56.2 Å². The minimum Gasteiger partial charge on any atom is -0.301 e. The maximum Gasteiger partial charge on any atom is 0.328 e.